The maximum Gasteiger partial charge on any atom is 0.251 e. The first-order chi connectivity index (χ1) is 11.7. The van der Waals surface area contributed by atoms with Gasteiger partial charge in [-0.2, -0.15) is 0 Å². The van der Waals surface area contributed by atoms with E-state index in [9.17, 15) is 9.59 Å². The van der Waals surface area contributed by atoms with Crippen molar-refractivity contribution in [2.45, 2.75) is 18.9 Å². The predicted molar refractivity (Wildman–Crippen MR) is 87.7 cm³/mol. The summed E-state index contributed by atoms with van der Waals surface area (Å²) < 4.78 is 10.5. The number of methoxy groups -OCH3 is 1. The van der Waals surface area contributed by atoms with Crippen molar-refractivity contribution in [3.8, 4) is 5.75 Å². The molecule has 0 saturated carbocycles. The average molecular weight is 328 g/mol. The number of carbonyl (C=O) groups is 2. The predicted octanol–water partition coefficient (Wildman–Crippen LogP) is 2.38. The van der Waals surface area contributed by atoms with Crippen LogP contribution in [0.5, 0.6) is 5.75 Å². The Labute approximate surface area is 140 Å². The van der Waals surface area contributed by atoms with E-state index in [4.69, 9.17) is 9.15 Å². The minimum absolute atomic E-state index is 0.0345. The lowest BCUT2D eigenvalue weighted by Crippen LogP contribution is -2.39. The second kappa shape index (κ2) is 7.21. The molecule has 24 heavy (non-hydrogen) atoms. The van der Waals surface area contributed by atoms with E-state index < -0.39 is 0 Å². The molecule has 6 nitrogen and oxygen atoms in total. The van der Waals surface area contributed by atoms with Crippen molar-refractivity contribution < 1.29 is 18.7 Å². The molecule has 1 aromatic heterocycles. The first kappa shape index (κ1) is 16.1. The molecule has 1 aliphatic rings. The Kier molecular flexibility index (Phi) is 4.84. The smallest absolute Gasteiger partial charge is 0.251 e. The molecule has 0 spiro atoms. The van der Waals surface area contributed by atoms with Gasteiger partial charge in [0.2, 0.25) is 5.91 Å². The van der Waals surface area contributed by atoms with Crippen molar-refractivity contribution in [2.24, 2.45) is 0 Å². The molecule has 0 bridgehead atoms. The normalized spacial score (nSPS) is 16.9. The molecule has 0 unspecified atom stereocenters. The number of carbonyl (C=O) groups excluding carboxylic acids is 2. The third kappa shape index (κ3) is 3.42. The Hall–Kier alpha value is -2.76. The number of furan rings is 1. The van der Waals surface area contributed by atoms with Gasteiger partial charge < -0.3 is 19.4 Å². The van der Waals surface area contributed by atoms with Gasteiger partial charge in [0, 0.05) is 12.1 Å². The van der Waals surface area contributed by atoms with Crippen LogP contribution in [0.2, 0.25) is 0 Å². The maximum atomic E-state index is 12.5. The molecular formula is C18H20N2O4. The molecule has 1 aliphatic heterocycles. The van der Waals surface area contributed by atoms with Gasteiger partial charge in [0.25, 0.3) is 5.91 Å². The van der Waals surface area contributed by atoms with E-state index in [2.05, 4.69) is 5.32 Å². The second-order valence-electron chi connectivity index (χ2n) is 5.68. The number of nitrogens with one attached hydrogen (secondary N) is 1. The number of ether oxygens (including phenoxy) is 1. The summed E-state index contributed by atoms with van der Waals surface area (Å²) >= 11 is 0. The topological polar surface area (TPSA) is 71.8 Å². The summed E-state index contributed by atoms with van der Waals surface area (Å²) in [6.45, 7) is 0.645. The quantitative estimate of drug-likeness (QED) is 0.915. The first-order valence-corrected chi connectivity index (χ1v) is 7.94. The summed E-state index contributed by atoms with van der Waals surface area (Å²) in [7, 11) is 1.54. The van der Waals surface area contributed by atoms with Crippen molar-refractivity contribution >= 4 is 11.8 Å². The van der Waals surface area contributed by atoms with Gasteiger partial charge in [-0.05, 0) is 43.2 Å². The summed E-state index contributed by atoms with van der Waals surface area (Å²) in [6.07, 6.45) is 3.42. The molecule has 2 aromatic rings. The maximum absolute atomic E-state index is 12.5. The lowest BCUT2D eigenvalue weighted by atomic mass is 10.1. The Morgan fingerprint density at radius 2 is 2.21 bits per heavy atom. The largest absolute Gasteiger partial charge is 0.497 e. The van der Waals surface area contributed by atoms with Crippen LogP contribution < -0.4 is 10.1 Å². The highest BCUT2D eigenvalue weighted by Crippen LogP contribution is 2.31. The van der Waals surface area contributed by atoms with E-state index in [0.717, 1.165) is 18.6 Å². The molecule has 1 fully saturated rings. The minimum atomic E-state index is -0.295. The standard InChI is InChI=1S/C18H20N2O4/c1-23-14-6-2-5-13(11-14)18(22)19-12-17(21)20-9-3-7-15(20)16-8-4-10-24-16/h2,4-6,8,10-11,15H,3,7,9,12H2,1H3,(H,19,22)/t15-/m1/s1. The van der Waals surface area contributed by atoms with Crippen molar-refractivity contribution in [1.82, 2.24) is 10.2 Å². The minimum Gasteiger partial charge on any atom is -0.497 e. The highest BCUT2D eigenvalue weighted by atomic mass is 16.5. The Balaban J connectivity index is 1.59. The summed E-state index contributed by atoms with van der Waals surface area (Å²) in [5.41, 5.74) is 0.464. The van der Waals surface area contributed by atoms with Crippen LogP contribution in [0.3, 0.4) is 0 Å². The molecule has 1 N–H and O–H groups in total. The van der Waals surface area contributed by atoms with Gasteiger partial charge >= 0.3 is 0 Å². The zero-order chi connectivity index (χ0) is 16.9. The fraction of sp³-hybridized carbons (Fsp3) is 0.333. The Morgan fingerprint density at radius 3 is 2.96 bits per heavy atom. The van der Waals surface area contributed by atoms with E-state index in [0.29, 0.717) is 17.9 Å². The second-order valence-corrected chi connectivity index (χ2v) is 5.68. The third-order valence-corrected chi connectivity index (χ3v) is 4.18. The number of nitrogens with zero attached hydrogens (tertiary/aromatic N) is 1. The Morgan fingerprint density at radius 1 is 1.33 bits per heavy atom. The number of benzene rings is 1. The van der Waals surface area contributed by atoms with Crippen LogP contribution in [0.15, 0.2) is 47.1 Å². The third-order valence-electron chi connectivity index (χ3n) is 4.18. The van der Waals surface area contributed by atoms with E-state index >= 15 is 0 Å². The lowest BCUT2D eigenvalue weighted by Gasteiger charge is -2.23. The molecule has 2 amide bonds. The summed E-state index contributed by atoms with van der Waals surface area (Å²) in [4.78, 5) is 26.4. The van der Waals surface area contributed by atoms with Gasteiger partial charge in [0.05, 0.1) is 26.0 Å². The molecule has 6 heteroatoms. The SMILES string of the molecule is COc1cccc(C(=O)NCC(=O)N2CCC[C@@H]2c2ccco2)c1. The van der Waals surface area contributed by atoms with Crippen LogP contribution in [0.4, 0.5) is 0 Å². The molecule has 1 aromatic carbocycles. The summed E-state index contributed by atoms with van der Waals surface area (Å²) in [6, 6.07) is 10.5. The molecule has 0 radical (unpaired) electrons. The number of hydrogen-bond donors (Lipinski definition) is 1. The van der Waals surface area contributed by atoms with Crippen LogP contribution in [0.1, 0.15) is 35.0 Å². The van der Waals surface area contributed by atoms with Gasteiger partial charge in [-0.25, -0.2) is 0 Å². The fourth-order valence-corrected chi connectivity index (χ4v) is 2.97. The monoisotopic (exact) mass is 328 g/mol. The van der Waals surface area contributed by atoms with E-state index in [1.165, 1.54) is 0 Å². The molecular weight excluding hydrogens is 308 g/mol. The number of rotatable bonds is 5. The molecule has 1 atom stereocenters. The number of likely N-dealkylation sites (tertiary alicyclic amines) is 1. The van der Waals surface area contributed by atoms with Gasteiger partial charge in [0.15, 0.2) is 0 Å². The highest BCUT2D eigenvalue weighted by molar-refractivity contribution is 5.96. The zero-order valence-electron chi connectivity index (χ0n) is 13.5. The van der Waals surface area contributed by atoms with Crippen molar-refractivity contribution in [2.75, 3.05) is 20.2 Å². The lowest BCUT2D eigenvalue weighted by molar-refractivity contribution is -0.131. The van der Waals surface area contributed by atoms with Crippen LogP contribution in [-0.2, 0) is 4.79 Å². The van der Waals surface area contributed by atoms with Crippen LogP contribution >= 0.6 is 0 Å². The molecule has 3 rings (SSSR count). The summed E-state index contributed by atoms with van der Waals surface area (Å²) in [5.74, 6) is 0.993. The van der Waals surface area contributed by atoms with E-state index in [1.54, 1.807) is 42.5 Å². The highest BCUT2D eigenvalue weighted by Gasteiger charge is 2.31. The van der Waals surface area contributed by atoms with Crippen LogP contribution in [0.25, 0.3) is 0 Å². The number of hydrogen-bond acceptors (Lipinski definition) is 4. The Bertz CT molecular complexity index is 712. The van der Waals surface area contributed by atoms with Gasteiger partial charge in [0.1, 0.15) is 11.5 Å². The zero-order valence-corrected chi connectivity index (χ0v) is 13.5. The van der Waals surface area contributed by atoms with Gasteiger partial charge in [-0.3, -0.25) is 9.59 Å². The molecule has 126 valence electrons. The van der Waals surface area contributed by atoms with Crippen molar-refractivity contribution in [1.29, 1.82) is 0 Å². The van der Waals surface area contributed by atoms with Crippen molar-refractivity contribution in [3.63, 3.8) is 0 Å². The average Bonchev–Trinajstić information content (AvgIpc) is 3.30. The van der Waals surface area contributed by atoms with Gasteiger partial charge in [-0.15, -0.1) is 0 Å². The van der Waals surface area contributed by atoms with Gasteiger partial charge in [-0.1, -0.05) is 6.07 Å². The summed E-state index contributed by atoms with van der Waals surface area (Å²) in [5, 5.41) is 2.68. The first-order valence-electron chi connectivity index (χ1n) is 7.94. The van der Waals surface area contributed by atoms with E-state index in [1.807, 2.05) is 12.1 Å². The van der Waals surface area contributed by atoms with Crippen LogP contribution in [-0.4, -0.2) is 36.9 Å². The molecule has 2 heterocycles. The molecule has 0 aliphatic carbocycles. The number of amides is 2. The fourth-order valence-electron chi connectivity index (χ4n) is 2.97. The van der Waals surface area contributed by atoms with Crippen LogP contribution in [0, 0.1) is 0 Å². The van der Waals surface area contributed by atoms with E-state index in [-0.39, 0.29) is 24.4 Å². The molecule has 1 saturated heterocycles. The van der Waals surface area contributed by atoms with Crippen molar-refractivity contribution in [3.05, 3.63) is 54.0 Å².